The van der Waals surface area contributed by atoms with Crippen molar-refractivity contribution in [3.63, 3.8) is 0 Å². The lowest BCUT2D eigenvalue weighted by Gasteiger charge is -2.18. The minimum atomic E-state index is 0.407. The van der Waals surface area contributed by atoms with Crippen LogP contribution in [0.4, 0.5) is 0 Å². The highest BCUT2D eigenvalue weighted by molar-refractivity contribution is 4.97. The standard InChI is InChI=1S/C12H19N3O2/c1-2-10(7-13-4-1)12-14-11(15-17-12)6-9-3-5-16-8-9/h9-10,13H,1-8H2/t9?,10-/m1/s1. The first-order valence-electron chi connectivity index (χ1n) is 6.53. The highest BCUT2D eigenvalue weighted by Crippen LogP contribution is 2.23. The van der Waals surface area contributed by atoms with Crippen LogP contribution in [0.3, 0.4) is 0 Å². The lowest BCUT2D eigenvalue weighted by atomic mass is 10.00. The lowest BCUT2D eigenvalue weighted by molar-refractivity contribution is 0.185. The van der Waals surface area contributed by atoms with Crippen LogP contribution in [0.2, 0.25) is 0 Å². The lowest BCUT2D eigenvalue weighted by Crippen LogP contribution is -2.28. The van der Waals surface area contributed by atoms with Gasteiger partial charge < -0.3 is 14.6 Å². The number of ether oxygens (including phenoxy) is 1. The Morgan fingerprint density at radius 1 is 1.35 bits per heavy atom. The first-order chi connectivity index (χ1) is 8.42. The number of nitrogens with one attached hydrogen (secondary N) is 1. The molecule has 2 atom stereocenters. The molecule has 0 radical (unpaired) electrons. The zero-order valence-electron chi connectivity index (χ0n) is 10.0. The molecular formula is C12H19N3O2. The third kappa shape index (κ3) is 2.66. The number of piperidine rings is 1. The van der Waals surface area contributed by atoms with E-state index in [1.165, 1.54) is 6.42 Å². The minimum absolute atomic E-state index is 0.407. The highest BCUT2D eigenvalue weighted by atomic mass is 16.5. The van der Waals surface area contributed by atoms with E-state index in [1.807, 2.05) is 0 Å². The topological polar surface area (TPSA) is 60.2 Å². The monoisotopic (exact) mass is 237 g/mol. The van der Waals surface area contributed by atoms with E-state index in [9.17, 15) is 0 Å². The van der Waals surface area contributed by atoms with Gasteiger partial charge in [0.05, 0.1) is 5.92 Å². The van der Waals surface area contributed by atoms with Crippen molar-refractivity contribution in [3.05, 3.63) is 11.7 Å². The Kier molecular flexibility index (Phi) is 3.38. The number of hydrogen-bond acceptors (Lipinski definition) is 5. The van der Waals surface area contributed by atoms with Gasteiger partial charge >= 0.3 is 0 Å². The molecule has 2 aliphatic rings. The van der Waals surface area contributed by atoms with E-state index < -0.39 is 0 Å². The van der Waals surface area contributed by atoms with Crippen LogP contribution in [0.25, 0.3) is 0 Å². The van der Waals surface area contributed by atoms with Gasteiger partial charge in [-0.25, -0.2) is 0 Å². The van der Waals surface area contributed by atoms with Crippen molar-refractivity contribution >= 4 is 0 Å². The Bertz CT molecular complexity index is 354. The van der Waals surface area contributed by atoms with E-state index in [-0.39, 0.29) is 0 Å². The minimum Gasteiger partial charge on any atom is -0.381 e. The number of hydrogen-bond donors (Lipinski definition) is 1. The first-order valence-corrected chi connectivity index (χ1v) is 6.53. The molecule has 5 heteroatoms. The summed E-state index contributed by atoms with van der Waals surface area (Å²) in [6, 6.07) is 0. The molecule has 17 heavy (non-hydrogen) atoms. The maximum atomic E-state index is 5.37. The van der Waals surface area contributed by atoms with E-state index in [4.69, 9.17) is 9.26 Å². The van der Waals surface area contributed by atoms with Crippen LogP contribution in [-0.4, -0.2) is 36.4 Å². The van der Waals surface area contributed by atoms with Gasteiger partial charge in [-0.2, -0.15) is 4.98 Å². The van der Waals surface area contributed by atoms with Gasteiger partial charge in [0, 0.05) is 26.2 Å². The average molecular weight is 237 g/mol. The second-order valence-electron chi connectivity index (χ2n) is 5.03. The average Bonchev–Trinajstić information content (AvgIpc) is 3.02. The van der Waals surface area contributed by atoms with Crippen LogP contribution in [0.1, 0.15) is 36.9 Å². The molecular weight excluding hydrogens is 218 g/mol. The van der Waals surface area contributed by atoms with Gasteiger partial charge in [0.15, 0.2) is 5.82 Å². The first kappa shape index (κ1) is 11.2. The van der Waals surface area contributed by atoms with Crippen molar-refractivity contribution in [2.24, 2.45) is 5.92 Å². The summed E-state index contributed by atoms with van der Waals surface area (Å²) in [5.74, 6) is 2.64. The second kappa shape index (κ2) is 5.14. The van der Waals surface area contributed by atoms with Gasteiger partial charge in [-0.3, -0.25) is 0 Å². The van der Waals surface area contributed by atoms with Gasteiger partial charge in [-0.1, -0.05) is 5.16 Å². The van der Waals surface area contributed by atoms with Gasteiger partial charge in [0.2, 0.25) is 5.89 Å². The molecule has 3 heterocycles. The summed E-state index contributed by atoms with van der Waals surface area (Å²) in [7, 11) is 0. The summed E-state index contributed by atoms with van der Waals surface area (Å²) in [6.07, 6.45) is 4.36. The van der Waals surface area contributed by atoms with Gasteiger partial charge in [0.1, 0.15) is 0 Å². The van der Waals surface area contributed by atoms with Gasteiger partial charge in [-0.05, 0) is 31.7 Å². The molecule has 0 aliphatic carbocycles. The molecule has 2 aliphatic heterocycles. The van der Waals surface area contributed by atoms with Crippen LogP contribution < -0.4 is 5.32 Å². The molecule has 1 aromatic heterocycles. The number of aromatic nitrogens is 2. The Labute approximate surface area is 101 Å². The number of nitrogens with zero attached hydrogens (tertiary/aromatic N) is 2. The van der Waals surface area contributed by atoms with Crippen LogP contribution in [-0.2, 0) is 11.2 Å². The molecule has 3 rings (SSSR count). The summed E-state index contributed by atoms with van der Waals surface area (Å²) >= 11 is 0. The van der Waals surface area contributed by atoms with Crippen molar-refractivity contribution in [3.8, 4) is 0 Å². The molecule has 94 valence electrons. The van der Waals surface area contributed by atoms with E-state index in [0.717, 1.165) is 57.3 Å². The largest absolute Gasteiger partial charge is 0.381 e. The third-order valence-corrected chi connectivity index (χ3v) is 3.63. The summed E-state index contributed by atoms with van der Waals surface area (Å²) in [6.45, 7) is 3.79. The van der Waals surface area contributed by atoms with E-state index >= 15 is 0 Å². The van der Waals surface area contributed by atoms with Crippen molar-refractivity contribution < 1.29 is 9.26 Å². The maximum absolute atomic E-state index is 5.37. The molecule has 0 saturated carbocycles. The zero-order valence-corrected chi connectivity index (χ0v) is 10.0. The fourth-order valence-electron chi connectivity index (χ4n) is 2.58. The molecule has 1 N–H and O–H groups in total. The SMILES string of the molecule is C1CNC[C@H](c2nc(CC3CCOC3)no2)C1. The van der Waals surface area contributed by atoms with E-state index in [2.05, 4.69) is 15.5 Å². The predicted octanol–water partition coefficient (Wildman–Crippen LogP) is 1.12. The molecule has 1 aromatic rings. The molecule has 5 nitrogen and oxygen atoms in total. The number of rotatable bonds is 3. The summed E-state index contributed by atoms with van der Waals surface area (Å²) in [5.41, 5.74) is 0. The Morgan fingerprint density at radius 3 is 3.12 bits per heavy atom. The quantitative estimate of drug-likeness (QED) is 0.853. The van der Waals surface area contributed by atoms with Crippen molar-refractivity contribution in [1.29, 1.82) is 0 Å². The van der Waals surface area contributed by atoms with Crippen molar-refractivity contribution in [2.45, 2.75) is 31.6 Å². The molecule has 2 fully saturated rings. The summed E-state index contributed by atoms with van der Waals surface area (Å²) in [5, 5.41) is 7.45. The Hall–Kier alpha value is -0.940. The van der Waals surface area contributed by atoms with Crippen molar-refractivity contribution in [2.75, 3.05) is 26.3 Å². The molecule has 0 bridgehead atoms. The van der Waals surface area contributed by atoms with Gasteiger partial charge in [0.25, 0.3) is 0 Å². The van der Waals surface area contributed by atoms with Crippen LogP contribution in [0, 0.1) is 5.92 Å². The molecule has 0 amide bonds. The summed E-state index contributed by atoms with van der Waals surface area (Å²) < 4.78 is 10.7. The molecule has 2 saturated heterocycles. The molecule has 1 unspecified atom stereocenters. The molecule has 0 aromatic carbocycles. The van der Waals surface area contributed by atoms with Crippen LogP contribution in [0.5, 0.6) is 0 Å². The third-order valence-electron chi connectivity index (χ3n) is 3.63. The van der Waals surface area contributed by atoms with E-state index in [0.29, 0.717) is 11.8 Å². The smallest absolute Gasteiger partial charge is 0.231 e. The maximum Gasteiger partial charge on any atom is 0.231 e. The van der Waals surface area contributed by atoms with Crippen LogP contribution in [0.15, 0.2) is 4.52 Å². The van der Waals surface area contributed by atoms with E-state index in [1.54, 1.807) is 0 Å². The van der Waals surface area contributed by atoms with Crippen molar-refractivity contribution in [1.82, 2.24) is 15.5 Å². The normalized spacial score (nSPS) is 29.6. The molecule has 0 spiro atoms. The van der Waals surface area contributed by atoms with Crippen LogP contribution >= 0.6 is 0 Å². The second-order valence-corrected chi connectivity index (χ2v) is 5.03. The summed E-state index contributed by atoms with van der Waals surface area (Å²) in [4.78, 5) is 4.52. The predicted molar refractivity (Wildman–Crippen MR) is 61.8 cm³/mol. The fraction of sp³-hybridized carbons (Fsp3) is 0.833. The Morgan fingerprint density at radius 2 is 2.35 bits per heavy atom. The zero-order chi connectivity index (χ0) is 11.5. The Balaban J connectivity index is 1.60. The van der Waals surface area contributed by atoms with Gasteiger partial charge in [-0.15, -0.1) is 0 Å². The highest BCUT2D eigenvalue weighted by Gasteiger charge is 2.23. The fourth-order valence-corrected chi connectivity index (χ4v) is 2.58.